The summed E-state index contributed by atoms with van der Waals surface area (Å²) in [6.45, 7) is -0.774. The molecule has 0 atom stereocenters. The number of hydrogen-bond acceptors (Lipinski definition) is 1. The molecule has 1 N–H and O–H groups in total. The second kappa shape index (κ2) is 4.44. The largest absolute Gasteiger partial charge is 0.416 e. The summed E-state index contributed by atoms with van der Waals surface area (Å²) < 4.78 is 49.6. The summed E-state index contributed by atoms with van der Waals surface area (Å²) in [5.41, 5.74) is -1.68. The molecule has 0 saturated carbocycles. The third kappa shape index (κ3) is 2.56. The van der Waals surface area contributed by atoms with E-state index >= 15 is 0 Å². The molecule has 5 heteroatoms. The highest BCUT2D eigenvalue weighted by Crippen LogP contribution is 2.34. The number of hydrogen-bond donors (Lipinski definition) is 1. The minimum Gasteiger partial charge on any atom is -0.392 e. The quantitative estimate of drug-likeness (QED) is 0.759. The molecule has 1 aromatic rings. The van der Waals surface area contributed by atoms with Crippen molar-refractivity contribution < 1.29 is 22.7 Å². The van der Waals surface area contributed by atoms with E-state index < -0.39 is 18.3 Å². The van der Waals surface area contributed by atoms with Crippen LogP contribution in [-0.4, -0.2) is 11.7 Å². The smallest absolute Gasteiger partial charge is 0.392 e. The molecule has 1 aromatic carbocycles. The third-order valence-electron chi connectivity index (χ3n) is 1.88. The Balaban J connectivity index is 3.30. The van der Waals surface area contributed by atoms with Gasteiger partial charge in [0.05, 0.1) is 18.5 Å². The Hall–Kier alpha value is -1.36. The van der Waals surface area contributed by atoms with Crippen LogP contribution in [0.5, 0.6) is 0 Å². The topological polar surface area (TPSA) is 20.2 Å². The van der Waals surface area contributed by atoms with Gasteiger partial charge in [-0.2, -0.15) is 13.2 Å². The fourth-order valence-electron chi connectivity index (χ4n) is 1.19. The van der Waals surface area contributed by atoms with Crippen molar-refractivity contribution in [2.75, 3.05) is 6.61 Å². The minimum absolute atomic E-state index is 0.0232. The highest BCUT2D eigenvalue weighted by Gasteiger charge is 2.33. The first-order valence-corrected chi connectivity index (χ1v) is 4.07. The van der Waals surface area contributed by atoms with E-state index in [1.165, 1.54) is 12.1 Å². The van der Waals surface area contributed by atoms with Gasteiger partial charge in [0.2, 0.25) is 0 Å². The molecule has 0 amide bonds. The van der Waals surface area contributed by atoms with Crippen molar-refractivity contribution >= 4 is 5.57 Å². The van der Waals surface area contributed by atoms with Gasteiger partial charge in [0, 0.05) is 5.57 Å². The van der Waals surface area contributed by atoms with Crippen molar-refractivity contribution in [2.45, 2.75) is 6.18 Å². The zero-order valence-corrected chi connectivity index (χ0v) is 7.55. The van der Waals surface area contributed by atoms with Crippen molar-refractivity contribution in [3.8, 4) is 0 Å². The van der Waals surface area contributed by atoms with E-state index in [2.05, 4.69) is 0 Å². The molecule has 0 heterocycles. The molecule has 0 aliphatic carbocycles. The molecule has 0 bridgehead atoms. The Morgan fingerprint density at radius 1 is 1.27 bits per heavy atom. The normalized spacial score (nSPS) is 13.0. The van der Waals surface area contributed by atoms with Crippen LogP contribution in [0.1, 0.15) is 11.1 Å². The van der Waals surface area contributed by atoms with Gasteiger partial charge in [-0.15, -0.1) is 0 Å². The molecule has 82 valence electrons. The molecular formula is C10H8F4O. The van der Waals surface area contributed by atoms with E-state index in [0.29, 0.717) is 0 Å². The van der Waals surface area contributed by atoms with Gasteiger partial charge >= 0.3 is 6.18 Å². The summed E-state index contributed by atoms with van der Waals surface area (Å²) in [4.78, 5) is 0. The molecule has 0 spiro atoms. The number of aliphatic hydroxyl groups excluding tert-OH is 1. The number of halogens is 4. The molecule has 1 rings (SSSR count). The van der Waals surface area contributed by atoms with Crippen LogP contribution < -0.4 is 0 Å². The standard InChI is InChI=1S/C10H8F4O/c11-5-7(6-15)8-3-1-2-4-9(8)10(12,13)14/h1-5,15H,6H2. The molecule has 0 unspecified atom stereocenters. The second-order valence-electron chi connectivity index (χ2n) is 2.84. The summed E-state index contributed by atoms with van der Waals surface area (Å²) in [5.74, 6) is 0. The van der Waals surface area contributed by atoms with Gasteiger partial charge in [-0.05, 0) is 11.6 Å². The number of rotatable bonds is 2. The Kier molecular flexibility index (Phi) is 3.47. The number of alkyl halides is 3. The van der Waals surface area contributed by atoms with E-state index in [1.54, 1.807) is 0 Å². The van der Waals surface area contributed by atoms with Crippen LogP contribution in [0, 0.1) is 0 Å². The minimum atomic E-state index is -4.56. The highest BCUT2D eigenvalue weighted by atomic mass is 19.4. The zero-order chi connectivity index (χ0) is 11.5. The molecule has 1 nitrogen and oxygen atoms in total. The van der Waals surface area contributed by atoms with Crippen LogP contribution in [-0.2, 0) is 6.18 Å². The van der Waals surface area contributed by atoms with Crippen LogP contribution in [0.25, 0.3) is 5.57 Å². The van der Waals surface area contributed by atoms with Crippen LogP contribution in [0.15, 0.2) is 30.6 Å². The van der Waals surface area contributed by atoms with Crippen molar-refractivity contribution in [3.05, 3.63) is 41.7 Å². The van der Waals surface area contributed by atoms with E-state index in [-0.39, 0.29) is 17.5 Å². The van der Waals surface area contributed by atoms with Gasteiger partial charge in [-0.3, -0.25) is 0 Å². The summed E-state index contributed by atoms with van der Waals surface area (Å²) in [6, 6.07) is 4.52. The van der Waals surface area contributed by atoms with Gasteiger partial charge in [-0.25, -0.2) is 4.39 Å². The van der Waals surface area contributed by atoms with Crippen LogP contribution in [0.3, 0.4) is 0 Å². The van der Waals surface area contributed by atoms with E-state index in [4.69, 9.17) is 5.11 Å². The van der Waals surface area contributed by atoms with Gasteiger partial charge < -0.3 is 5.11 Å². The van der Waals surface area contributed by atoms with Crippen molar-refractivity contribution in [1.29, 1.82) is 0 Å². The summed E-state index contributed by atoms with van der Waals surface area (Å²) in [5, 5.41) is 8.69. The Labute approximate surface area is 83.7 Å². The maximum Gasteiger partial charge on any atom is 0.416 e. The molecule has 15 heavy (non-hydrogen) atoms. The number of aliphatic hydroxyl groups is 1. The summed E-state index contributed by atoms with van der Waals surface area (Å²) in [6.07, 6.45) is -4.58. The molecular weight excluding hydrogens is 212 g/mol. The molecule has 0 aliphatic heterocycles. The maximum atomic E-state index is 12.5. The summed E-state index contributed by atoms with van der Waals surface area (Å²) in [7, 11) is 0. The average molecular weight is 220 g/mol. The van der Waals surface area contributed by atoms with Crippen LogP contribution in [0.4, 0.5) is 17.6 Å². The van der Waals surface area contributed by atoms with Crippen molar-refractivity contribution in [1.82, 2.24) is 0 Å². The van der Waals surface area contributed by atoms with E-state index in [1.807, 2.05) is 0 Å². The second-order valence-corrected chi connectivity index (χ2v) is 2.84. The lowest BCUT2D eigenvalue weighted by Gasteiger charge is -2.12. The lowest BCUT2D eigenvalue weighted by atomic mass is 10.0. The Morgan fingerprint density at radius 3 is 2.33 bits per heavy atom. The number of benzene rings is 1. The van der Waals surface area contributed by atoms with Gasteiger partial charge in [-0.1, -0.05) is 18.2 Å². The predicted molar refractivity (Wildman–Crippen MR) is 47.6 cm³/mol. The first-order chi connectivity index (χ1) is 7.00. The lowest BCUT2D eigenvalue weighted by Crippen LogP contribution is -2.09. The Morgan fingerprint density at radius 2 is 1.87 bits per heavy atom. The van der Waals surface area contributed by atoms with Gasteiger partial charge in [0.15, 0.2) is 0 Å². The lowest BCUT2D eigenvalue weighted by molar-refractivity contribution is -0.137. The highest BCUT2D eigenvalue weighted by molar-refractivity contribution is 5.68. The summed E-state index contributed by atoms with van der Waals surface area (Å²) >= 11 is 0. The monoisotopic (exact) mass is 220 g/mol. The first-order valence-electron chi connectivity index (χ1n) is 4.07. The SMILES string of the molecule is OCC(=CF)c1ccccc1C(F)(F)F. The fourth-order valence-corrected chi connectivity index (χ4v) is 1.19. The molecule has 0 saturated heterocycles. The van der Waals surface area contributed by atoms with Crippen molar-refractivity contribution in [2.24, 2.45) is 0 Å². The first kappa shape index (κ1) is 11.7. The molecule has 0 fully saturated rings. The van der Waals surface area contributed by atoms with Gasteiger partial charge in [0.1, 0.15) is 0 Å². The van der Waals surface area contributed by atoms with Crippen molar-refractivity contribution in [3.63, 3.8) is 0 Å². The molecule has 0 aromatic heterocycles. The molecule has 0 radical (unpaired) electrons. The van der Waals surface area contributed by atoms with E-state index in [0.717, 1.165) is 12.1 Å². The van der Waals surface area contributed by atoms with Gasteiger partial charge in [0.25, 0.3) is 0 Å². The third-order valence-corrected chi connectivity index (χ3v) is 1.88. The predicted octanol–water partition coefficient (Wildman–Crippen LogP) is 3.01. The van der Waals surface area contributed by atoms with Crippen LogP contribution >= 0.6 is 0 Å². The maximum absolute atomic E-state index is 12.5. The average Bonchev–Trinajstić information content (AvgIpc) is 2.19. The van der Waals surface area contributed by atoms with E-state index in [9.17, 15) is 17.6 Å². The molecule has 0 aliphatic rings. The fraction of sp³-hybridized carbons (Fsp3) is 0.200. The Bertz CT molecular complexity index is 368. The zero-order valence-electron chi connectivity index (χ0n) is 7.55. The van der Waals surface area contributed by atoms with Crippen LogP contribution in [0.2, 0.25) is 0 Å².